The Morgan fingerprint density at radius 1 is 1.15 bits per heavy atom. The van der Waals surface area contributed by atoms with Crippen molar-refractivity contribution in [1.82, 2.24) is 0 Å². The van der Waals surface area contributed by atoms with Gasteiger partial charge in [-0.3, -0.25) is 4.79 Å². The summed E-state index contributed by atoms with van der Waals surface area (Å²) in [5, 5.41) is 9.75. The van der Waals surface area contributed by atoms with Gasteiger partial charge in [0.1, 0.15) is 0 Å². The van der Waals surface area contributed by atoms with Crippen LogP contribution < -0.4 is 0 Å². The van der Waals surface area contributed by atoms with Gasteiger partial charge in [-0.25, -0.2) is 8.78 Å². The highest BCUT2D eigenvalue weighted by Gasteiger charge is 2.32. The maximum Gasteiger partial charge on any atom is 0.303 e. The lowest BCUT2D eigenvalue weighted by Crippen LogP contribution is -2.14. The first-order chi connectivity index (χ1) is 9.42. The van der Waals surface area contributed by atoms with E-state index < -0.39 is 18.3 Å². The monoisotopic (exact) mass is 342 g/mol. The number of halogens is 3. The Morgan fingerprint density at radius 3 is 2.45 bits per heavy atom. The van der Waals surface area contributed by atoms with Gasteiger partial charge >= 0.3 is 5.97 Å². The first-order valence-corrected chi connectivity index (χ1v) is 6.98. The van der Waals surface area contributed by atoms with E-state index in [9.17, 15) is 13.6 Å². The average Bonchev–Trinajstić information content (AvgIpc) is 2.38. The van der Waals surface area contributed by atoms with Gasteiger partial charge in [-0.1, -0.05) is 46.3 Å². The van der Waals surface area contributed by atoms with Gasteiger partial charge in [0.2, 0.25) is 0 Å². The van der Waals surface area contributed by atoms with E-state index in [0.717, 1.165) is 9.86 Å². The molecule has 0 saturated carbocycles. The Hall–Kier alpha value is -1.49. The van der Waals surface area contributed by atoms with Crippen molar-refractivity contribution in [2.45, 2.75) is 25.2 Å². The van der Waals surface area contributed by atoms with Crippen LogP contribution in [0.15, 0.2) is 40.9 Å². The zero-order valence-corrected chi connectivity index (χ0v) is 12.2. The third-order valence-electron chi connectivity index (χ3n) is 3.15. The van der Waals surface area contributed by atoms with Gasteiger partial charge < -0.3 is 5.11 Å². The maximum absolute atomic E-state index is 14.3. The van der Waals surface area contributed by atoms with Crippen LogP contribution in [0.3, 0.4) is 0 Å². The molecule has 0 fully saturated rings. The summed E-state index contributed by atoms with van der Waals surface area (Å²) in [6.45, 7) is 0. The van der Waals surface area contributed by atoms with E-state index in [1.54, 1.807) is 30.3 Å². The topological polar surface area (TPSA) is 37.3 Å². The number of rotatable bonds is 5. The highest BCUT2D eigenvalue weighted by atomic mass is 79.9. The second-order valence-electron chi connectivity index (χ2n) is 4.59. The van der Waals surface area contributed by atoms with Crippen molar-refractivity contribution < 1.29 is 18.7 Å². The number of carboxylic acids is 1. The van der Waals surface area contributed by atoms with Crippen LogP contribution >= 0.6 is 15.9 Å². The van der Waals surface area contributed by atoms with E-state index in [4.69, 9.17) is 5.11 Å². The van der Waals surface area contributed by atoms with Gasteiger partial charge in [-0.2, -0.15) is 0 Å². The molecular formula is C15H13BrF2O2. The first kappa shape index (κ1) is 14.9. The highest BCUT2D eigenvalue weighted by Crippen LogP contribution is 2.39. The minimum atomic E-state index is -3.03. The van der Waals surface area contributed by atoms with Crippen LogP contribution in [0.4, 0.5) is 8.78 Å². The van der Waals surface area contributed by atoms with Crippen LogP contribution in [0.25, 0.3) is 10.8 Å². The minimum Gasteiger partial charge on any atom is -0.481 e. The molecule has 0 bridgehead atoms. The molecular weight excluding hydrogens is 330 g/mol. The second kappa shape index (κ2) is 5.87. The molecule has 2 aromatic carbocycles. The van der Waals surface area contributed by atoms with Gasteiger partial charge in [0.25, 0.3) is 5.92 Å². The molecule has 0 amide bonds. The number of benzene rings is 2. The molecule has 0 spiro atoms. The number of hydrogen-bond donors (Lipinski definition) is 1. The van der Waals surface area contributed by atoms with Gasteiger partial charge in [0.05, 0.1) is 0 Å². The lowest BCUT2D eigenvalue weighted by molar-refractivity contribution is -0.137. The summed E-state index contributed by atoms with van der Waals surface area (Å²) < 4.78 is 29.3. The summed E-state index contributed by atoms with van der Waals surface area (Å²) in [7, 11) is 0. The normalized spacial score (nSPS) is 11.8. The van der Waals surface area contributed by atoms with Gasteiger partial charge in [0, 0.05) is 22.9 Å². The minimum absolute atomic E-state index is 0.0489. The fourth-order valence-electron chi connectivity index (χ4n) is 2.18. The molecule has 106 valence electrons. The predicted molar refractivity (Wildman–Crippen MR) is 77.0 cm³/mol. The number of fused-ring (bicyclic) bond motifs is 1. The molecule has 0 atom stereocenters. The summed E-state index contributed by atoms with van der Waals surface area (Å²) in [6, 6.07) is 9.93. The van der Waals surface area contributed by atoms with Crippen LogP contribution in [-0.2, 0) is 10.7 Å². The SMILES string of the molecule is O=C(O)CCCC(F)(F)c1ccc(Br)c2ccccc12. The second-order valence-corrected chi connectivity index (χ2v) is 5.45. The smallest absolute Gasteiger partial charge is 0.303 e. The summed E-state index contributed by atoms with van der Waals surface area (Å²) in [5.41, 5.74) is -0.0540. The Morgan fingerprint density at radius 2 is 1.80 bits per heavy atom. The molecule has 2 aromatic rings. The van der Waals surface area contributed by atoms with Crippen LogP contribution in [0.1, 0.15) is 24.8 Å². The number of hydrogen-bond acceptors (Lipinski definition) is 1. The number of carboxylic acid groups (broad SMARTS) is 1. The van der Waals surface area contributed by atoms with E-state index in [-0.39, 0.29) is 18.4 Å². The fourth-order valence-corrected chi connectivity index (χ4v) is 2.66. The van der Waals surface area contributed by atoms with Crippen LogP contribution in [0, 0.1) is 0 Å². The molecule has 0 heterocycles. The van der Waals surface area contributed by atoms with Crippen LogP contribution in [0.5, 0.6) is 0 Å². The third-order valence-corrected chi connectivity index (χ3v) is 3.84. The third kappa shape index (κ3) is 3.15. The highest BCUT2D eigenvalue weighted by molar-refractivity contribution is 9.10. The molecule has 20 heavy (non-hydrogen) atoms. The van der Waals surface area contributed by atoms with E-state index in [1.165, 1.54) is 6.07 Å². The van der Waals surface area contributed by atoms with Crippen molar-refractivity contribution in [2.24, 2.45) is 0 Å². The summed E-state index contributed by atoms with van der Waals surface area (Å²) >= 11 is 3.35. The molecule has 0 saturated heterocycles. The van der Waals surface area contributed by atoms with Crippen molar-refractivity contribution >= 4 is 32.7 Å². The number of carbonyl (C=O) groups is 1. The van der Waals surface area contributed by atoms with E-state index >= 15 is 0 Å². The van der Waals surface area contributed by atoms with Crippen LogP contribution in [0.2, 0.25) is 0 Å². The molecule has 0 aliphatic carbocycles. The van der Waals surface area contributed by atoms with Crippen molar-refractivity contribution in [3.63, 3.8) is 0 Å². The fraction of sp³-hybridized carbons (Fsp3) is 0.267. The van der Waals surface area contributed by atoms with E-state index in [0.29, 0.717) is 5.39 Å². The lowest BCUT2D eigenvalue weighted by atomic mass is 9.96. The molecule has 2 rings (SSSR count). The summed E-state index contributed by atoms with van der Waals surface area (Å²) in [6.07, 6.45) is -0.762. The first-order valence-electron chi connectivity index (χ1n) is 6.19. The molecule has 2 nitrogen and oxygen atoms in total. The number of alkyl halides is 2. The van der Waals surface area contributed by atoms with Crippen molar-refractivity contribution in [2.75, 3.05) is 0 Å². The van der Waals surface area contributed by atoms with Gasteiger partial charge in [0.15, 0.2) is 0 Å². The van der Waals surface area contributed by atoms with E-state index in [2.05, 4.69) is 15.9 Å². The van der Waals surface area contributed by atoms with E-state index in [1.807, 2.05) is 0 Å². The molecule has 0 aromatic heterocycles. The zero-order chi connectivity index (χ0) is 14.8. The quantitative estimate of drug-likeness (QED) is 0.834. The lowest BCUT2D eigenvalue weighted by Gasteiger charge is -2.19. The molecule has 1 N–H and O–H groups in total. The zero-order valence-electron chi connectivity index (χ0n) is 10.6. The molecule has 0 unspecified atom stereocenters. The van der Waals surface area contributed by atoms with Gasteiger partial charge in [-0.05, 0) is 23.3 Å². The Balaban J connectivity index is 2.36. The predicted octanol–water partition coefficient (Wildman–Crippen LogP) is 4.95. The molecule has 0 aliphatic heterocycles. The summed E-state index contributed by atoms with van der Waals surface area (Å²) in [5.74, 6) is -4.09. The van der Waals surface area contributed by atoms with Crippen LogP contribution in [-0.4, -0.2) is 11.1 Å². The maximum atomic E-state index is 14.3. The Bertz CT molecular complexity index is 641. The Labute approximate surface area is 123 Å². The molecule has 5 heteroatoms. The van der Waals surface area contributed by atoms with Gasteiger partial charge in [-0.15, -0.1) is 0 Å². The standard InChI is InChI=1S/C15H13BrF2O2/c16-13-8-7-12(10-4-1-2-5-11(10)13)15(17,18)9-3-6-14(19)20/h1-2,4-5,7-8H,3,6,9H2,(H,19,20). The van der Waals surface area contributed by atoms with Crippen molar-refractivity contribution in [3.8, 4) is 0 Å². The molecule has 0 radical (unpaired) electrons. The average molecular weight is 343 g/mol. The van der Waals surface area contributed by atoms with Crippen molar-refractivity contribution in [3.05, 3.63) is 46.4 Å². The number of aliphatic carboxylic acids is 1. The summed E-state index contributed by atoms with van der Waals surface area (Å²) in [4.78, 5) is 10.4. The molecule has 0 aliphatic rings. The van der Waals surface area contributed by atoms with Crippen molar-refractivity contribution in [1.29, 1.82) is 0 Å². The largest absolute Gasteiger partial charge is 0.481 e. The Kier molecular flexibility index (Phi) is 4.38.